The minimum absolute atomic E-state index is 0.409. The zero-order chi connectivity index (χ0) is 13.0. The number of benzene rings is 1. The fourth-order valence-corrected chi connectivity index (χ4v) is 2.67. The summed E-state index contributed by atoms with van der Waals surface area (Å²) in [4.78, 5) is 5.24. The number of ether oxygens (including phenoxy) is 1. The van der Waals surface area contributed by atoms with Gasteiger partial charge in [0, 0.05) is 12.7 Å². The van der Waals surface area contributed by atoms with Gasteiger partial charge in [0.1, 0.15) is 6.61 Å². The van der Waals surface area contributed by atoms with Crippen molar-refractivity contribution in [1.29, 1.82) is 0 Å². The van der Waals surface area contributed by atoms with E-state index in [-0.39, 0.29) is 0 Å². The van der Waals surface area contributed by atoms with Gasteiger partial charge in [0.2, 0.25) is 0 Å². The Morgan fingerprint density at radius 1 is 1.33 bits per heavy atom. The van der Waals surface area contributed by atoms with Crippen LogP contribution in [-0.4, -0.2) is 11.5 Å². The Morgan fingerprint density at radius 3 is 2.72 bits per heavy atom. The number of halogens is 2. The van der Waals surface area contributed by atoms with E-state index >= 15 is 0 Å². The third-order valence-corrected chi connectivity index (χ3v) is 3.68. The van der Waals surface area contributed by atoms with Gasteiger partial charge in [-0.2, -0.15) is 0 Å². The highest BCUT2D eigenvalue weighted by Crippen LogP contribution is 2.33. The number of nitrogens with one attached hydrogen (secondary N) is 1. The molecule has 0 bridgehead atoms. The molecule has 0 aliphatic rings. The molecule has 1 heterocycles. The largest absolute Gasteiger partial charge is 0.485 e. The summed E-state index contributed by atoms with van der Waals surface area (Å²) in [5.74, 6) is 0.513. The highest BCUT2D eigenvalue weighted by Gasteiger charge is 2.08. The normalized spacial score (nSPS) is 10.4. The van der Waals surface area contributed by atoms with E-state index in [1.165, 1.54) is 0 Å². The van der Waals surface area contributed by atoms with E-state index in [4.69, 9.17) is 27.9 Å². The average molecular weight is 303 g/mol. The maximum absolute atomic E-state index is 6.02. The van der Waals surface area contributed by atoms with Crippen LogP contribution >= 0.6 is 34.5 Å². The van der Waals surface area contributed by atoms with Gasteiger partial charge in [-0.15, -0.1) is 0 Å². The average Bonchev–Trinajstić information content (AvgIpc) is 2.77. The van der Waals surface area contributed by atoms with Crippen LogP contribution in [-0.2, 0) is 6.61 Å². The lowest BCUT2D eigenvalue weighted by atomic mass is 10.3. The van der Waals surface area contributed by atoms with Crippen molar-refractivity contribution in [3.05, 3.63) is 39.3 Å². The Hall–Kier alpha value is -0.970. The van der Waals surface area contributed by atoms with E-state index in [9.17, 15) is 0 Å². The van der Waals surface area contributed by atoms with Crippen molar-refractivity contribution in [2.45, 2.75) is 13.5 Å². The molecule has 0 aliphatic carbocycles. The standard InChI is InChI=1S/C12H12Cl2N2OS/c1-2-15-12-16-6-8(18-12)7-17-11-9(13)4-3-5-10(11)14/h3-6H,2,7H2,1H3,(H,15,16). The first kappa shape index (κ1) is 13.5. The Morgan fingerprint density at radius 2 is 2.06 bits per heavy atom. The van der Waals surface area contributed by atoms with Crippen LogP contribution in [0.3, 0.4) is 0 Å². The van der Waals surface area contributed by atoms with E-state index in [2.05, 4.69) is 10.3 Å². The molecule has 2 aromatic rings. The maximum atomic E-state index is 6.02. The van der Waals surface area contributed by atoms with E-state index in [0.29, 0.717) is 22.4 Å². The molecule has 0 radical (unpaired) electrons. The Bertz CT molecular complexity index is 510. The van der Waals surface area contributed by atoms with Crippen molar-refractivity contribution in [3.8, 4) is 5.75 Å². The molecular formula is C12H12Cl2N2OS. The summed E-state index contributed by atoms with van der Waals surface area (Å²) in [7, 11) is 0. The summed E-state index contributed by atoms with van der Waals surface area (Å²) in [5, 5.41) is 5.06. The molecule has 2 rings (SSSR count). The minimum atomic E-state index is 0.409. The molecule has 1 aromatic carbocycles. The number of para-hydroxylation sites is 1. The summed E-state index contributed by atoms with van der Waals surface area (Å²) >= 11 is 13.6. The summed E-state index contributed by atoms with van der Waals surface area (Å²) in [6, 6.07) is 5.28. The van der Waals surface area contributed by atoms with E-state index in [1.54, 1.807) is 35.7 Å². The van der Waals surface area contributed by atoms with Crippen molar-refractivity contribution >= 4 is 39.7 Å². The number of nitrogens with zero attached hydrogens (tertiary/aromatic N) is 1. The maximum Gasteiger partial charge on any atom is 0.182 e. The number of hydrogen-bond acceptors (Lipinski definition) is 4. The number of hydrogen-bond donors (Lipinski definition) is 1. The Kier molecular flexibility index (Phi) is 4.69. The minimum Gasteiger partial charge on any atom is -0.485 e. The molecule has 0 amide bonds. The predicted molar refractivity (Wildman–Crippen MR) is 77.1 cm³/mol. The van der Waals surface area contributed by atoms with Gasteiger partial charge in [-0.3, -0.25) is 0 Å². The monoisotopic (exact) mass is 302 g/mol. The van der Waals surface area contributed by atoms with Crippen LogP contribution in [0.2, 0.25) is 10.0 Å². The second kappa shape index (κ2) is 6.27. The quantitative estimate of drug-likeness (QED) is 0.885. The zero-order valence-corrected chi connectivity index (χ0v) is 12.1. The van der Waals surface area contributed by atoms with Crippen LogP contribution in [0.15, 0.2) is 24.4 Å². The number of aromatic nitrogens is 1. The second-order valence-corrected chi connectivity index (χ2v) is 5.43. The van der Waals surface area contributed by atoms with Crippen LogP contribution in [0.5, 0.6) is 5.75 Å². The topological polar surface area (TPSA) is 34.2 Å². The molecule has 18 heavy (non-hydrogen) atoms. The van der Waals surface area contributed by atoms with Gasteiger partial charge in [-0.05, 0) is 19.1 Å². The highest BCUT2D eigenvalue weighted by molar-refractivity contribution is 7.15. The SMILES string of the molecule is CCNc1ncc(COc2c(Cl)cccc2Cl)s1. The summed E-state index contributed by atoms with van der Waals surface area (Å²) in [6.45, 7) is 3.29. The first-order valence-corrected chi connectivity index (χ1v) is 7.03. The van der Waals surface area contributed by atoms with Crippen molar-refractivity contribution < 1.29 is 4.74 Å². The molecule has 0 aliphatic heterocycles. The third kappa shape index (κ3) is 3.28. The van der Waals surface area contributed by atoms with Gasteiger partial charge in [0.15, 0.2) is 10.9 Å². The van der Waals surface area contributed by atoms with Crippen LogP contribution in [0.25, 0.3) is 0 Å². The lowest BCUT2D eigenvalue weighted by Crippen LogP contribution is -1.94. The van der Waals surface area contributed by atoms with E-state index in [1.807, 2.05) is 6.92 Å². The molecule has 3 nitrogen and oxygen atoms in total. The molecule has 0 saturated carbocycles. The number of thiazole rings is 1. The molecule has 0 atom stereocenters. The molecule has 96 valence electrons. The molecule has 0 fully saturated rings. The lowest BCUT2D eigenvalue weighted by Gasteiger charge is -2.07. The van der Waals surface area contributed by atoms with E-state index < -0.39 is 0 Å². The Labute approximate surface area is 120 Å². The smallest absolute Gasteiger partial charge is 0.182 e. The zero-order valence-electron chi connectivity index (χ0n) is 9.74. The number of rotatable bonds is 5. The second-order valence-electron chi connectivity index (χ2n) is 3.50. The van der Waals surface area contributed by atoms with Crippen molar-refractivity contribution in [1.82, 2.24) is 4.98 Å². The van der Waals surface area contributed by atoms with E-state index in [0.717, 1.165) is 16.6 Å². The van der Waals surface area contributed by atoms with Crippen molar-refractivity contribution in [2.24, 2.45) is 0 Å². The molecule has 0 saturated heterocycles. The van der Waals surface area contributed by atoms with Crippen LogP contribution in [0.4, 0.5) is 5.13 Å². The van der Waals surface area contributed by atoms with Gasteiger partial charge in [-0.25, -0.2) is 4.98 Å². The van der Waals surface area contributed by atoms with Crippen molar-refractivity contribution in [3.63, 3.8) is 0 Å². The van der Waals surface area contributed by atoms with Gasteiger partial charge in [-0.1, -0.05) is 40.6 Å². The molecule has 0 unspecified atom stereocenters. The van der Waals surface area contributed by atoms with Crippen LogP contribution < -0.4 is 10.1 Å². The molecular weight excluding hydrogens is 291 g/mol. The van der Waals surface area contributed by atoms with Gasteiger partial charge in [0.05, 0.1) is 14.9 Å². The molecule has 0 spiro atoms. The third-order valence-electron chi connectivity index (χ3n) is 2.16. The first-order chi connectivity index (χ1) is 8.70. The van der Waals surface area contributed by atoms with Gasteiger partial charge < -0.3 is 10.1 Å². The highest BCUT2D eigenvalue weighted by atomic mass is 35.5. The molecule has 1 N–H and O–H groups in total. The fourth-order valence-electron chi connectivity index (χ4n) is 1.37. The summed E-state index contributed by atoms with van der Waals surface area (Å²) in [5.41, 5.74) is 0. The number of anilines is 1. The fraction of sp³-hybridized carbons (Fsp3) is 0.250. The summed E-state index contributed by atoms with van der Waals surface area (Å²) < 4.78 is 5.62. The predicted octanol–water partition coefficient (Wildman–Crippen LogP) is 4.46. The van der Waals surface area contributed by atoms with Crippen LogP contribution in [0.1, 0.15) is 11.8 Å². The Balaban J connectivity index is 2.02. The first-order valence-electron chi connectivity index (χ1n) is 5.46. The molecule has 6 heteroatoms. The molecule has 1 aromatic heterocycles. The lowest BCUT2D eigenvalue weighted by molar-refractivity contribution is 0.310. The van der Waals surface area contributed by atoms with Gasteiger partial charge >= 0.3 is 0 Å². The summed E-state index contributed by atoms with van der Waals surface area (Å²) in [6.07, 6.45) is 1.79. The van der Waals surface area contributed by atoms with Crippen molar-refractivity contribution in [2.75, 3.05) is 11.9 Å². The van der Waals surface area contributed by atoms with Gasteiger partial charge in [0.25, 0.3) is 0 Å². The van der Waals surface area contributed by atoms with Crippen LogP contribution in [0, 0.1) is 0 Å².